The fourth-order valence-corrected chi connectivity index (χ4v) is 2.17. The highest BCUT2D eigenvalue weighted by Crippen LogP contribution is 2.17. The molecule has 1 N–H and O–H groups in total. The van der Waals surface area contributed by atoms with Crippen LogP contribution < -0.4 is 10.9 Å². The van der Waals surface area contributed by atoms with Crippen molar-refractivity contribution >= 4 is 5.91 Å². The van der Waals surface area contributed by atoms with Crippen LogP contribution in [-0.2, 0) is 6.54 Å². The zero-order chi connectivity index (χ0) is 16.3. The van der Waals surface area contributed by atoms with E-state index in [-0.39, 0.29) is 17.0 Å². The number of nitrogens with one attached hydrogen (secondary N) is 1. The number of hydrogen-bond acceptors (Lipinski definition) is 3. The van der Waals surface area contributed by atoms with E-state index < -0.39 is 5.91 Å². The molecule has 0 aliphatic rings. The Bertz CT molecular complexity index is 731. The molecule has 0 fully saturated rings. The third-order valence-corrected chi connectivity index (χ3v) is 3.33. The van der Waals surface area contributed by atoms with Crippen LogP contribution in [0.1, 0.15) is 29.8 Å². The molecule has 1 aromatic carbocycles. The summed E-state index contributed by atoms with van der Waals surface area (Å²) in [7, 11) is 1.51. The number of benzene rings is 1. The van der Waals surface area contributed by atoms with Crippen molar-refractivity contribution in [2.45, 2.75) is 27.3 Å². The number of aromatic nitrogens is 2. The summed E-state index contributed by atoms with van der Waals surface area (Å²) in [5.41, 5.74) is 2.41. The molecule has 0 radical (unpaired) electrons. The molecule has 0 saturated carbocycles. The Balaban J connectivity index is 2.61. The van der Waals surface area contributed by atoms with Gasteiger partial charge in [-0.15, -0.1) is 0 Å². The lowest BCUT2D eigenvalue weighted by atomic mass is 10.1. The normalized spacial score (nSPS) is 10.8. The Labute approximate surface area is 130 Å². The van der Waals surface area contributed by atoms with Crippen molar-refractivity contribution in [2.75, 3.05) is 7.05 Å². The van der Waals surface area contributed by atoms with Crippen LogP contribution in [0.15, 0.2) is 35.1 Å². The summed E-state index contributed by atoms with van der Waals surface area (Å²) in [5.74, 6) is -0.130. The van der Waals surface area contributed by atoms with Gasteiger partial charge in [-0.2, -0.15) is 5.10 Å². The van der Waals surface area contributed by atoms with E-state index in [9.17, 15) is 9.59 Å². The molecule has 2 rings (SSSR count). The fourth-order valence-electron chi connectivity index (χ4n) is 2.17. The number of hydrogen-bond donors (Lipinski definition) is 1. The number of carbonyl (C=O) groups excluding carboxylic acids is 1. The molecule has 1 aromatic heterocycles. The second-order valence-electron chi connectivity index (χ2n) is 5.77. The van der Waals surface area contributed by atoms with Gasteiger partial charge in [0.2, 0.25) is 0 Å². The first-order valence-electron chi connectivity index (χ1n) is 7.33. The summed E-state index contributed by atoms with van der Waals surface area (Å²) in [6, 6.07) is 9.40. The van der Waals surface area contributed by atoms with Crippen molar-refractivity contribution in [2.24, 2.45) is 5.92 Å². The number of rotatable bonds is 4. The molecule has 22 heavy (non-hydrogen) atoms. The smallest absolute Gasteiger partial charge is 0.279 e. The zero-order valence-electron chi connectivity index (χ0n) is 13.4. The van der Waals surface area contributed by atoms with Crippen LogP contribution in [0, 0.1) is 12.8 Å². The first-order chi connectivity index (χ1) is 10.4. The Morgan fingerprint density at radius 3 is 2.45 bits per heavy atom. The third-order valence-electron chi connectivity index (χ3n) is 3.33. The standard InChI is InChI=1S/C17H21N3O2/c1-11(2)10-20-17(22)14(16(21)18-4)9-15(19-20)13-7-5-12(3)6-8-13/h5-9,11H,10H2,1-4H3,(H,18,21). The van der Waals surface area contributed by atoms with E-state index in [1.165, 1.54) is 11.7 Å². The molecule has 1 amide bonds. The molecular formula is C17H21N3O2. The largest absolute Gasteiger partial charge is 0.355 e. The molecule has 0 aliphatic carbocycles. The van der Waals surface area contributed by atoms with Crippen LogP contribution in [0.25, 0.3) is 11.3 Å². The van der Waals surface area contributed by atoms with E-state index in [0.29, 0.717) is 12.2 Å². The van der Waals surface area contributed by atoms with Gasteiger partial charge in [-0.05, 0) is 18.9 Å². The quantitative estimate of drug-likeness (QED) is 0.941. The molecule has 0 spiro atoms. The van der Waals surface area contributed by atoms with Crippen molar-refractivity contribution in [3.8, 4) is 11.3 Å². The van der Waals surface area contributed by atoms with Gasteiger partial charge in [0.1, 0.15) is 5.56 Å². The maximum absolute atomic E-state index is 12.4. The van der Waals surface area contributed by atoms with Gasteiger partial charge in [0.05, 0.1) is 5.69 Å². The van der Waals surface area contributed by atoms with Gasteiger partial charge in [-0.25, -0.2) is 4.68 Å². The van der Waals surface area contributed by atoms with Gasteiger partial charge < -0.3 is 5.32 Å². The van der Waals surface area contributed by atoms with Gasteiger partial charge in [0.15, 0.2) is 0 Å². The minimum absolute atomic E-state index is 0.119. The van der Waals surface area contributed by atoms with Crippen LogP contribution in [0.2, 0.25) is 0 Å². The molecule has 0 unspecified atom stereocenters. The van der Waals surface area contributed by atoms with Crippen molar-refractivity contribution in [1.29, 1.82) is 0 Å². The number of carbonyl (C=O) groups is 1. The Hall–Kier alpha value is -2.43. The van der Waals surface area contributed by atoms with Crippen LogP contribution >= 0.6 is 0 Å². The van der Waals surface area contributed by atoms with Crippen LogP contribution in [0.5, 0.6) is 0 Å². The molecule has 0 bridgehead atoms. The average Bonchev–Trinajstić information content (AvgIpc) is 2.49. The van der Waals surface area contributed by atoms with Crippen LogP contribution in [0.3, 0.4) is 0 Å². The van der Waals surface area contributed by atoms with E-state index in [1.807, 2.05) is 45.0 Å². The topological polar surface area (TPSA) is 64.0 Å². The maximum atomic E-state index is 12.4. The van der Waals surface area contributed by atoms with Crippen molar-refractivity contribution < 1.29 is 4.79 Å². The zero-order valence-corrected chi connectivity index (χ0v) is 13.4. The third kappa shape index (κ3) is 3.42. The minimum atomic E-state index is -0.390. The summed E-state index contributed by atoms with van der Waals surface area (Å²) in [4.78, 5) is 24.3. The Morgan fingerprint density at radius 2 is 1.91 bits per heavy atom. The molecule has 1 heterocycles. The molecule has 5 heteroatoms. The lowest BCUT2D eigenvalue weighted by Gasteiger charge is -2.12. The number of nitrogens with zero attached hydrogens (tertiary/aromatic N) is 2. The van der Waals surface area contributed by atoms with Crippen molar-refractivity contribution in [1.82, 2.24) is 15.1 Å². The van der Waals surface area contributed by atoms with Gasteiger partial charge >= 0.3 is 0 Å². The van der Waals surface area contributed by atoms with Crippen molar-refractivity contribution in [3.05, 3.63) is 51.8 Å². The molecule has 0 atom stereocenters. The second kappa shape index (κ2) is 6.56. The summed E-state index contributed by atoms with van der Waals surface area (Å²) >= 11 is 0. The van der Waals surface area contributed by atoms with Crippen molar-refractivity contribution in [3.63, 3.8) is 0 Å². The summed E-state index contributed by atoms with van der Waals surface area (Å²) < 4.78 is 1.38. The molecule has 5 nitrogen and oxygen atoms in total. The van der Waals surface area contributed by atoms with E-state index in [2.05, 4.69) is 10.4 Å². The van der Waals surface area contributed by atoms with Crippen LogP contribution in [0.4, 0.5) is 0 Å². The maximum Gasteiger partial charge on any atom is 0.279 e. The van der Waals surface area contributed by atoms with E-state index in [0.717, 1.165) is 11.1 Å². The predicted octanol–water partition coefficient (Wildman–Crippen LogP) is 2.23. The van der Waals surface area contributed by atoms with Gasteiger partial charge in [-0.1, -0.05) is 43.7 Å². The monoisotopic (exact) mass is 299 g/mol. The molecule has 116 valence electrons. The highest BCUT2D eigenvalue weighted by Gasteiger charge is 2.15. The first-order valence-corrected chi connectivity index (χ1v) is 7.33. The second-order valence-corrected chi connectivity index (χ2v) is 5.77. The summed E-state index contributed by atoms with van der Waals surface area (Å²) in [5, 5.41) is 6.92. The molecule has 0 saturated heterocycles. The molecular weight excluding hydrogens is 278 g/mol. The highest BCUT2D eigenvalue weighted by atomic mass is 16.2. The Kier molecular flexibility index (Phi) is 4.75. The minimum Gasteiger partial charge on any atom is -0.355 e. The van der Waals surface area contributed by atoms with E-state index in [4.69, 9.17) is 0 Å². The van der Waals surface area contributed by atoms with Gasteiger partial charge in [-0.3, -0.25) is 9.59 Å². The van der Waals surface area contributed by atoms with Crippen LogP contribution in [-0.4, -0.2) is 22.7 Å². The highest BCUT2D eigenvalue weighted by molar-refractivity contribution is 5.94. The molecule has 0 aliphatic heterocycles. The SMILES string of the molecule is CNC(=O)c1cc(-c2ccc(C)cc2)nn(CC(C)C)c1=O. The van der Waals surface area contributed by atoms with Gasteiger partial charge in [0.25, 0.3) is 11.5 Å². The lowest BCUT2D eigenvalue weighted by Crippen LogP contribution is -2.34. The first kappa shape index (κ1) is 15.9. The van der Waals surface area contributed by atoms with Gasteiger partial charge in [0, 0.05) is 19.2 Å². The Morgan fingerprint density at radius 1 is 1.27 bits per heavy atom. The average molecular weight is 299 g/mol. The predicted molar refractivity (Wildman–Crippen MR) is 86.9 cm³/mol. The summed E-state index contributed by atoms with van der Waals surface area (Å²) in [6.45, 7) is 6.49. The van der Waals surface area contributed by atoms with E-state index in [1.54, 1.807) is 6.07 Å². The number of amides is 1. The van der Waals surface area contributed by atoms with E-state index >= 15 is 0 Å². The lowest BCUT2D eigenvalue weighted by molar-refractivity contribution is 0.0960. The summed E-state index contributed by atoms with van der Waals surface area (Å²) in [6.07, 6.45) is 0. The number of aryl methyl sites for hydroxylation is 1. The molecule has 2 aromatic rings. The fraction of sp³-hybridized carbons (Fsp3) is 0.353.